The predicted molar refractivity (Wildman–Crippen MR) is 125 cm³/mol. The highest BCUT2D eigenvalue weighted by Gasteiger charge is 2.06. The van der Waals surface area contributed by atoms with Crippen molar-refractivity contribution in [1.82, 2.24) is 15.5 Å². The van der Waals surface area contributed by atoms with Gasteiger partial charge in [0, 0.05) is 30.5 Å². The second kappa shape index (κ2) is 12.2. The second-order valence-corrected chi connectivity index (χ2v) is 7.59. The summed E-state index contributed by atoms with van der Waals surface area (Å²) in [6.07, 6.45) is 0.917. The number of halogens is 2. The van der Waals surface area contributed by atoms with E-state index in [2.05, 4.69) is 27.1 Å². The van der Waals surface area contributed by atoms with Crippen molar-refractivity contribution in [1.29, 1.82) is 0 Å². The SMILES string of the molecule is Cc1cc(CN=C(NCCc2cccs2)NCC(=O)N(C)C)ccc1Cl.I. The Morgan fingerprint density at radius 2 is 2.04 bits per heavy atom. The maximum absolute atomic E-state index is 11.8. The third-order valence-corrected chi connectivity index (χ3v) is 5.15. The first-order valence-electron chi connectivity index (χ1n) is 8.45. The lowest BCUT2D eigenvalue weighted by atomic mass is 10.1. The minimum absolute atomic E-state index is 0. The lowest BCUT2D eigenvalue weighted by molar-refractivity contribution is -0.127. The molecule has 0 aliphatic rings. The number of nitrogens with one attached hydrogen (secondary N) is 2. The molecule has 5 nitrogen and oxygen atoms in total. The third kappa shape index (κ3) is 8.49. The number of carbonyl (C=O) groups excluding carboxylic acids is 1. The number of aryl methyl sites for hydroxylation is 1. The van der Waals surface area contributed by atoms with E-state index >= 15 is 0 Å². The first kappa shape index (κ1) is 23.7. The maximum Gasteiger partial charge on any atom is 0.241 e. The molecular weight excluding hydrogens is 495 g/mol. The molecule has 0 atom stereocenters. The predicted octanol–water partition coefficient (Wildman–Crippen LogP) is 3.69. The minimum atomic E-state index is 0. The Labute approximate surface area is 187 Å². The molecule has 0 aliphatic carbocycles. The normalized spacial score (nSPS) is 10.9. The highest BCUT2D eigenvalue weighted by atomic mass is 127. The van der Waals surface area contributed by atoms with E-state index in [-0.39, 0.29) is 36.4 Å². The summed E-state index contributed by atoms with van der Waals surface area (Å²) in [5.41, 5.74) is 2.10. The zero-order valence-electron chi connectivity index (χ0n) is 15.8. The number of nitrogens with zero attached hydrogens (tertiary/aromatic N) is 2. The number of likely N-dealkylation sites (N-methyl/N-ethyl adjacent to an activating group) is 1. The number of hydrogen-bond acceptors (Lipinski definition) is 3. The van der Waals surface area contributed by atoms with Gasteiger partial charge in [0.1, 0.15) is 0 Å². The van der Waals surface area contributed by atoms with E-state index in [9.17, 15) is 4.79 Å². The summed E-state index contributed by atoms with van der Waals surface area (Å²) in [5.74, 6) is 0.629. The molecule has 2 aromatic rings. The molecule has 27 heavy (non-hydrogen) atoms. The lowest BCUT2D eigenvalue weighted by Gasteiger charge is -2.15. The molecule has 0 unspecified atom stereocenters. The van der Waals surface area contributed by atoms with Gasteiger partial charge in [0.2, 0.25) is 5.91 Å². The molecule has 0 saturated heterocycles. The number of rotatable bonds is 7. The Balaban J connectivity index is 0.00000364. The zero-order chi connectivity index (χ0) is 18.9. The van der Waals surface area contributed by atoms with Crippen LogP contribution < -0.4 is 10.6 Å². The number of aliphatic imine (C=N–C) groups is 1. The van der Waals surface area contributed by atoms with Gasteiger partial charge in [-0.15, -0.1) is 35.3 Å². The van der Waals surface area contributed by atoms with Gasteiger partial charge >= 0.3 is 0 Å². The largest absolute Gasteiger partial charge is 0.356 e. The van der Waals surface area contributed by atoms with Crippen molar-refractivity contribution < 1.29 is 4.79 Å². The quantitative estimate of drug-likeness (QED) is 0.333. The number of benzene rings is 1. The lowest BCUT2D eigenvalue weighted by Crippen LogP contribution is -2.43. The Morgan fingerprint density at radius 1 is 1.26 bits per heavy atom. The van der Waals surface area contributed by atoms with Gasteiger partial charge in [-0.25, -0.2) is 4.99 Å². The smallest absolute Gasteiger partial charge is 0.241 e. The fourth-order valence-corrected chi connectivity index (χ4v) is 3.05. The Hall–Kier alpha value is -1.32. The summed E-state index contributed by atoms with van der Waals surface area (Å²) < 4.78 is 0. The van der Waals surface area contributed by atoms with Crippen LogP contribution in [0, 0.1) is 6.92 Å². The monoisotopic (exact) mass is 520 g/mol. The van der Waals surface area contributed by atoms with Gasteiger partial charge in [0.15, 0.2) is 5.96 Å². The Morgan fingerprint density at radius 3 is 2.67 bits per heavy atom. The van der Waals surface area contributed by atoms with E-state index in [0.717, 1.165) is 29.1 Å². The van der Waals surface area contributed by atoms with E-state index in [1.165, 1.54) is 4.88 Å². The summed E-state index contributed by atoms with van der Waals surface area (Å²) in [4.78, 5) is 19.3. The molecule has 0 radical (unpaired) electrons. The molecule has 0 fully saturated rings. The number of thiophene rings is 1. The van der Waals surface area contributed by atoms with Crippen LogP contribution in [-0.2, 0) is 17.8 Å². The number of amides is 1. The van der Waals surface area contributed by atoms with Crippen molar-refractivity contribution in [2.24, 2.45) is 4.99 Å². The molecule has 0 saturated carbocycles. The molecule has 1 heterocycles. The topological polar surface area (TPSA) is 56.7 Å². The molecule has 0 spiro atoms. The van der Waals surface area contributed by atoms with Crippen LogP contribution in [-0.4, -0.2) is 44.0 Å². The van der Waals surface area contributed by atoms with Crippen molar-refractivity contribution in [3.63, 3.8) is 0 Å². The summed E-state index contributed by atoms with van der Waals surface area (Å²) in [5, 5.41) is 9.22. The fourth-order valence-electron chi connectivity index (χ4n) is 2.23. The van der Waals surface area contributed by atoms with E-state index in [0.29, 0.717) is 12.5 Å². The standard InChI is InChI=1S/C19H25ClN4OS.HI/c1-14-11-15(6-7-17(14)20)12-22-19(23-13-18(25)24(2)3)21-9-8-16-5-4-10-26-16;/h4-7,10-11H,8-9,12-13H2,1-3H3,(H2,21,22,23);1H. The van der Waals surface area contributed by atoms with Gasteiger partial charge in [0.25, 0.3) is 0 Å². The zero-order valence-corrected chi connectivity index (χ0v) is 19.7. The van der Waals surface area contributed by atoms with Gasteiger partial charge in [0.05, 0.1) is 13.1 Å². The van der Waals surface area contributed by atoms with E-state index < -0.39 is 0 Å². The van der Waals surface area contributed by atoms with Crippen LogP contribution in [0.2, 0.25) is 5.02 Å². The Kier molecular flexibility index (Phi) is 10.7. The highest BCUT2D eigenvalue weighted by Crippen LogP contribution is 2.16. The van der Waals surface area contributed by atoms with E-state index in [4.69, 9.17) is 11.6 Å². The molecular formula is C19H26ClIN4OS. The van der Waals surface area contributed by atoms with Gasteiger partial charge < -0.3 is 15.5 Å². The van der Waals surface area contributed by atoms with E-state index in [1.807, 2.05) is 31.2 Å². The highest BCUT2D eigenvalue weighted by molar-refractivity contribution is 14.0. The molecule has 148 valence electrons. The van der Waals surface area contributed by atoms with Gasteiger partial charge in [-0.05, 0) is 42.0 Å². The molecule has 8 heteroatoms. The molecule has 1 aromatic heterocycles. The van der Waals surface area contributed by atoms with Crippen molar-refractivity contribution in [3.8, 4) is 0 Å². The maximum atomic E-state index is 11.8. The molecule has 2 N–H and O–H groups in total. The van der Waals surface area contributed by atoms with E-state index in [1.54, 1.807) is 30.3 Å². The summed E-state index contributed by atoms with van der Waals surface area (Å²) in [7, 11) is 3.48. The van der Waals surface area contributed by atoms with Crippen LogP contribution in [0.15, 0.2) is 40.7 Å². The van der Waals surface area contributed by atoms with Crippen LogP contribution in [0.4, 0.5) is 0 Å². The van der Waals surface area contributed by atoms with Crippen LogP contribution in [0.25, 0.3) is 0 Å². The van der Waals surface area contributed by atoms with Crippen molar-refractivity contribution >= 4 is 58.8 Å². The van der Waals surface area contributed by atoms with Gasteiger partial charge in [-0.3, -0.25) is 4.79 Å². The Bertz CT molecular complexity index is 750. The average Bonchev–Trinajstić information content (AvgIpc) is 3.12. The summed E-state index contributed by atoms with van der Waals surface area (Å²) >= 11 is 7.81. The molecule has 1 amide bonds. The van der Waals surface area contributed by atoms with Crippen LogP contribution >= 0.6 is 46.9 Å². The van der Waals surface area contributed by atoms with Crippen molar-refractivity contribution in [2.75, 3.05) is 27.2 Å². The van der Waals surface area contributed by atoms with Gasteiger partial charge in [-0.2, -0.15) is 0 Å². The summed E-state index contributed by atoms with van der Waals surface area (Å²) in [6.45, 7) is 3.45. The minimum Gasteiger partial charge on any atom is -0.356 e. The first-order chi connectivity index (χ1) is 12.5. The number of hydrogen-bond donors (Lipinski definition) is 2. The third-order valence-electron chi connectivity index (χ3n) is 3.79. The van der Waals surface area contributed by atoms with Crippen molar-refractivity contribution in [2.45, 2.75) is 19.9 Å². The first-order valence-corrected chi connectivity index (χ1v) is 9.71. The number of carbonyl (C=O) groups is 1. The van der Waals surface area contributed by atoms with Crippen LogP contribution in [0.5, 0.6) is 0 Å². The second-order valence-electron chi connectivity index (χ2n) is 6.15. The molecule has 0 bridgehead atoms. The molecule has 2 rings (SSSR count). The summed E-state index contributed by atoms with van der Waals surface area (Å²) in [6, 6.07) is 10.0. The van der Waals surface area contributed by atoms with Crippen LogP contribution in [0.3, 0.4) is 0 Å². The average molecular weight is 521 g/mol. The number of guanidine groups is 1. The molecule has 1 aromatic carbocycles. The fraction of sp³-hybridized carbons (Fsp3) is 0.368. The van der Waals surface area contributed by atoms with Crippen LogP contribution in [0.1, 0.15) is 16.0 Å². The molecule has 0 aliphatic heterocycles. The van der Waals surface area contributed by atoms with Gasteiger partial charge in [-0.1, -0.05) is 29.8 Å². The van der Waals surface area contributed by atoms with Crippen molar-refractivity contribution in [3.05, 3.63) is 56.7 Å².